The zero-order chi connectivity index (χ0) is 5.56. The van der Waals surface area contributed by atoms with E-state index in [0.717, 1.165) is 12.0 Å². The zero-order valence-corrected chi connectivity index (χ0v) is 5.70. The summed E-state index contributed by atoms with van der Waals surface area (Å²) in [5.41, 5.74) is 0. The van der Waals surface area contributed by atoms with E-state index in [9.17, 15) is 0 Å². The van der Waals surface area contributed by atoms with Crippen molar-refractivity contribution < 1.29 is 0 Å². The van der Waals surface area contributed by atoms with Gasteiger partial charge in [0.1, 0.15) is 0 Å². The maximum atomic E-state index is 4.46. The monoisotopic (exact) mass is 129 g/mol. The van der Waals surface area contributed by atoms with E-state index in [4.69, 9.17) is 0 Å². The second-order valence-corrected chi connectivity index (χ2v) is 3.57. The SMILES string of the molecule is SC1CC2CC1CN2. The van der Waals surface area contributed by atoms with Crippen LogP contribution >= 0.6 is 12.6 Å². The van der Waals surface area contributed by atoms with Crippen LogP contribution in [-0.2, 0) is 0 Å². The fourth-order valence-corrected chi connectivity index (χ4v) is 2.29. The molecule has 0 spiro atoms. The highest BCUT2D eigenvalue weighted by Gasteiger charge is 2.36. The minimum atomic E-state index is 0.709. The number of fused-ring (bicyclic) bond motifs is 2. The summed E-state index contributed by atoms with van der Waals surface area (Å²) in [6, 6.07) is 0.822. The molecule has 1 aliphatic carbocycles. The molecule has 0 aromatic heterocycles. The van der Waals surface area contributed by atoms with Crippen LogP contribution in [0.4, 0.5) is 0 Å². The van der Waals surface area contributed by atoms with E-state index < -0.39 is 0 Å². The number of rotatable bonds is 0. The van der Waals surface area contributed by atoms with E-state index in [-0.39, 0.29) is 0 Å². The highest BCUT2D eigenvalue weighted by Crippen LogP contribution is 2.34. The summed E-state index contributed by atoms with van der Waals surface area (Å²) in [4.78, 5) is 0. The van der Waals surface area contributed by atoms with Crippen molar-refractivity contribution in [2.24, 2.45) is 5.92 Å². The summed E-state index contributed by atoms with van der Waals surface area (Å²) in [7, 11) is 0. The van der Waals surface area contributed by atoms with Gasteiger partial charge in [-0.3, -0.25) is 0 Å². The Bertz CT molecular complexity index is 103. The molecule has 0 amide bonds. The first-order valence-electron chi connectivity index (χ1n) is 3.28. The molecule has 2 heteroatoms. The minimum absolute atomic E-state index is 0.709. The Balaban J connectivity index is 2.11. The Morgan fingerprint density at radius 1 is 1.38 bits per heavy atom. The lowest BCUT2D eigenvalue weighted by Gasteiger charge is -2.16. The van der Waals surface area contributed by atoms with Gasteiger partial charge < -0.3 is 5.32 Å². The van der Waals surface area contributed by atoms with Crippen LogP contribution in [0, 0.1) is 5.92 Å². The van der Waals surface area contributed by atoms with Crippen LogP contribution in [-0.4, -0.2) is 17.8 Å². The highest BCUT2D eigenvalue weighted by atomic mass is 32.1. The third-order valence-corrected chi connectivity index (χ3v) is 2.96. The molecule has 3 atom stereocenters. The minimum Gasteiger partial charge on any atom is -0.314 e. The van der Waals surface area contributed by atoms with Gasteiger partial charge in [0.15, 0.2) is 0 Å². The molecule has 1 nitrogen and oxygen atoms in total. The average molecular weight is 129 g/mol. The van der Waals surface area contributed by atoms with Crippen molar-refractivity contribution in [2.75, 3.05) is 6.54 Å². The van der Waals surface area contributed by atoms with Crippen LogP contribution in [0.3, 0.4) is 0 Å². The number of hydrogen-bond donors (Lipinski definition) is 2. The van der Waals surface area contributed by atoms with Crippen molar-refractivity contribution >= 4 is 12.6 Å². The highest BCUT2D eigenvalue weighted by molar-refractivity contribution is 7.81. The summed E-state index contributed by atoms with van der Waals surface area (Å²) < 4.78 is 0. The van der Waals surface area contributed by atoms with Crippen molar-refractivity contribution in [3.8, 4) is 0 Å². The van der Waals surface area contributed by atoms with Gasteiger partial charge in [-0.25, -0.2) is 0 Å². The summed E-state index contributed by atoms with van der Waals surface area (Å²) in [5.74, 6) is 0.892. The van der Waals surface area contributed by atoms with E-state index in [2.05, 4.69) is 17.9 Å². The first-order chi connectivity index (χ1) is 3.86. The van der Waals surface area contributed by atoms with Gasteiger partial charge in [0.25, 0.3) is 0 Å². The van der Waals surface area contributed by atoms with Gasteiger partial charge in [0, 0.05) is 11.3 Å². The standard InChI is InChI=1S/C6H11NS/c8-6-2-5-1-4(6)3-7-5/h4-8H,1-3H2. The predicted octanol–water partition coefficient (Wildman–Crippen LogP) is 0.667. The molecule has 2 fully saturated rings. The van der Waals surface area contributed by atoms with Crippen LogP contribution in [0.2, 0.25) is 0 Å². The van der Waals surface area contributed by atoms with Crippen molar-refractivity contribution in [3.63, 3.8) is 0 Å². The molecular weight excluding hydrogens is 118 g/mol. The normalized spacial score (nSPS) is 52.9. The maximum absolute atomic E-state index is 4.46. The van der Waals surface area contributed by atoms with Gasteiger partial charge in [0.05, 0.1) is 0 Å². The largest absolute Gasteiger partial charge is 0.314 e. The molecule has 1 saturated carbocycles. The Labute approximate surface area is 55.3 Å². The quantitative estimate of drug-likeness (QED) is 0.458. The topological polar surface area (TPSA) is 12.0 Å². The number of piperidine rings is 1. The molecule has 8 heavy (non-hydrogen) atoms. The van der Waals surface area contributed by atoms with Crippen LogP contribution < -0.4 is 5.32 Å². The zero-order valence-electron chi connectivity index (χ0n) is 4.80. The fourth-order valence-electron chi connectivity index (χ4n) is 1.81. The fraction of sp³-hybridized carbons (Fsp3) is 1.00. The molecule has 0 radical (unpaired) electrons. The van der Waals surface area contributed by atoms with E-state index >= 15 is 0 Å². The van der Waals surface area contributed by atoms with Crippen molar-refractivity contribution in [2.45, 2.75) is 24.1 Å². The van der Waals surface area contributed by atoms with E-state index in [1.165, 1.54) is 19.4 Å². The Morgan fingerprint density at radius 2 is 2.25 bits per heavy atom. The van der Waals surface area contributed by atoms with Gasteiger partial charge in [-0.15, -0.1) is 0 Å². The summed E-state index contributed by atoms with van der Waals surface area (Å²) in [6.07, 6.45) is 2.68. The van der Waals surface area contributed by atoms with Crippen molar-refractivity contribution in [3.05, 3.63) is 0 Å². The van der Waals surface area contributed by atoms with Gasteiger partial charge in [-0.05, 0) is 25.3 Å². The summed E-state index contributed by atoms with van der Waals surface area (Å²) in [6.45, 7) is 1.22. The number of hydrogen-bond acceptors (Lipinski definition) is 2. The molecule has 1 heterocycles. The molecule has 1 aliphatic heterocycles. The van der Waals surface area contributed by atoms with Crippen LogP contribution in [0.1, 0.15) is 12.8 Å². The van der Waals surface area contributed by atoms with E-state index in [1.54, 1.807) is 0 Å². The molecule has 46 valence electrons. The number of nitrogens with one attached hydrogen (secondary N) is 1. The Morgan fingerprint density at radius 3 is 2.50 bits per heavy atom. The second kappa shape index (κ2) is 1.64. The molecule has 1 N–H and O–H groups in total. The molecule has 3 unspecified atom stereocenters. The lowest BCUT2D eigenvalue weighted by molar-refractivity contribution is 0.518. The van der Waals surface area contributed by atoms with Gasteiger partial charge in [0.2, 0.25) is 0 Å². The average Bonchev–Trinajstić information content (AvgIpc) is 2.23. The maximum Gasteiger partial charge on any atom is 0.00812 e. The van der Waals surface area contributed by atoms with Gasteiger partial charge in [-0.1, -0.05) is 0 Å². The van der Waals surface area contributed by atoms with Crippen molar-refractivity contribution in [1.82, 2.24) is 5.32 Å². The lowest BCUT2D eigenvalue weighted by Crippen LogP contribution is -2.29. The molecule has 2 rings (SSSR count). The first-order valence-corrected chi connectivity index (χ1v) is 3.79. The Hall–Kier alpha value is 0.310. The van der Waals surface area contributed by atoms with Crippen molar-refractivity contribution in [1.29, 1.82) is 0 Å². The molecule has 2 aliphatic rings. The lowest BCUT2D eigenvalue weighted by atomic mass is 10.1. The van der Waals surface area contributed by atoms with E-state index in [1.807, 2.05) is 0 Å². The third kappa shape index (κ3) is 0.594. The van der Waals surface area contributed by atoms with E-state index in [0.29, 0.717) is 5.25 Å². The summed E-state index contributed by atoms with van der Waals surface area (Å²) >= 11 is 4.46. The first kappa shape index (κ1) is 5.12. The Kier molecular flexibility index (Phi) is 1.05. The predicted molar refractivity (Wildman–Crippen MR) is 37.3 cm³/mol. The van der Waals surface area contributed by atoms with Gasteiger partial charge >= 0.3 is 0 Å². The number of thiol groups is 1. The molecular formula is C6H11NS. The van der Waals surface area contributed by atoms with Crippen LogP contribution in [0.15, 0.2) is 0 Å². The molecule has 0 aromatic carbocycles. The molecule has 2 bridgehead atoms. The third-order valence-electron chi connectivity index (χ3n) is 2.33. The summed E-state index contributed by atoms with van der Waals surface area (Å²) in [5, 5.41) is 4.15. The molecule has 1 saturated heterocycles. The van der Waals surface area contributed by atoms with Gasteiger partial charge in [-0.2, -0.15) is 12.6 Å². The second-order valence-electron chi connectivity index (χ2n) is 2.90. The van der Waals surface area contributed by atoms with Crippen LogP contribution in [0.5, 0.6) is 0 Å². The molecule has 0 aromatic rings. The smallest absolute Gasteiger partial charge is 0.00812 e. The van der Waals surface area contributed by atoms with Crippen LogP contribution in [0.25, 0.3) is 0 Å².